The minimum Gasteiger partial charge on any atom is -0.352 e. The second-order valence-electron chi connectivity index (χ2n) is 7.79. The molecule has 2 aromatic rings. The van der Waals surface area contributed by atoms with Crippen molar-refractivity contribution in [3.8, 4) is 0 Å². The van der Waals surface area contributed by atoms with Crippen molar-refractivity contribution in [1.29, 1.82) is 0 Å². The maximum Gasteiger partial charge on any atom is 0.251 e. The first kappa shape index (κ1) is 22.3. The molecule has 2 amide bonds. The molecule has 0 spiro atoms. The third kappa shape index (κ3) is 6.07. The normalized spacial score (nSPS) is 17.4. The number of carbonyl (C=O) groups is 2. The summed E-state index contributed by atoms with van der Waals surface area (Å²) >= 11 is 0. The minimum atomic E-state index is -0.0656. The van der Waals surface area contributed by atoms with Crippen molar-refractivity contribution in [2.45, 2.75) is 45.3 Å². The van der Waals surface area contributed by atoms with Crippen LogP contribution in [0.3, 0.4) is 0 Å². The topological polar surface area (TPSA) is 85.8 Å². The molecule has 1 fully saturated rings. The third-order valence-electron chi connectivity index (χ3n) is 5.40. The van der Waals surface area contributed by atoms with Gasteiger partial charge in [-0.2, -0.15) is 0 Å². The number of nitrogens with one attached hydrogen (secondary N) is 3. The number of rotatable bonds is 7. The lowest BCUT2D eigenvalue weighted by Crippen LogP contribution is -2.44. The number of para-hydroxylation sites is 1. The van der Waals surface area contributed by atoms with Crippen molar-refractivity contribution in [2.75, 3.05) is 18.5 Å². The molecule has 2 aromatic carbocycles. The maximum atomic E-state index is 12.4. The summed E-state index contributed by atoms with van der Waals surface area (Å²) < 4.78 is 0. The Hall–Kier alpha value is -3.35. The largest absolute Gasteiger partial charge is 0.352 e. The summed E-state index contributed by atoms with van der Waals surface area (Å²) in [6.07, 6.45) is 1.31. The van der Waals surface area contributed by atoms with Crippen LogP contribution < -0.4 is 20.9 Å². The van der Waals surface area contributed by atoms with E-state index in [1.54, 1.807) is 11.9 Å². The molecule has 0 aromatic heterocycles. The average Bonchev–Trinajstić information content (AvgIpc) is 3.17. The summed E-state index contributed by atoms with van der Waals surface area (Å²) in [6.45, 7) is 5.15. The van der Waals surface area contributed by atoms with Crippen LogP contribution in [-0.4, -0.2) is 43.5 Å². The highest BCUT2D eigenvalue weighted by Gasteiger charge is 2.31. The van der Waals surface area contributed by atoms with Gasteiger partial charge in [0.2, 0.25) is 5.91 Å². The highest BCUT2D eigenvalue weighted by Crippen LogP contribution is 2.21. The Bertz CT molecular complexity index is 929. The van der Waals surface area contributed by atoms with Crippen LogP contribution in [-0.2, 0) is 11.3 Å². The molecule has 0 bridgehead atoms. The predicted molar refractivity (Wildman–Crippen MR) is 124 cm³/mol. The van der Waals surface area contributed by atoms with Crippen molar-refractivity contribution in [2.24, 2.45) is 4.99 Å². The molecule has 31 heavy (non-hydrogen) atoms. The molecule has 1 saturated heterocycles. The van der Waals surface area contributed by atoms with Crippen LogP contribution in [0.2, 0.25) is 0 Å². The van der Waals surface area contributed by atoms with E-state index in [9.17, 15) is 9.59 Å². The Labute approximate surface area is 183 Å². The van der Waals surface area contributed by atoms with Gasteiger partial charge >= 0.3 is 0 Å². The lowest BCUT2D eigenvalue weighted by Gasteiger charge is -2.19. The van der Waals surface area contributed by atoms with Gasteiger partial charge in [-0.1, -0.05) is 37.3 Å². The van der Waals surface area contributed by atoms with Crippen molar-refractivity contribution < 1.29 is 9.59 Å². The zero-order valence-electron chi connectivity index (χ0n) is 18.4. The summed E-state index contributed by atoms with van der Waals surface area (Å²) in [5, 5.41) is 9.60. The monoisotopic (exact) mass is 421 g/mol. The Morgan fingerprint density at radius 1 is 1.19 bits per heavy atom. The molecular weight excluding hydrogens is 390 g/mol. The van der Waals surface area contributed by atoms with Gasteiger partial charge < -0.3 is 20.9 Å². The number of anilines is 1. The summed E-state index contributed by atoms with van der Waals surface area (Å²) in [7, 11) is 1.71. The number of hydrogen-bond acceptors (Lipinski definition) is 3. The van der Waals surface area contributed by atoms with Crippen LogP contribution in [0.4, 0.5) is 5.69 Å². The summed E-state index contributed by atoms with van der Waals surface area (Å²) in [6, 6.07) is 17.4. The summed E-state index contributed by atoms with van der Waals surface area (Å²) in [5.41, 5.74) is 2.53. The Morgan fingerprint density at radius 3 is 2.68 bits per heavy atom. The lowest BCUT2D eigenvalue weighted by molar-refractivity contribution is -0.117. The van der Waals surface area contributed by atoms with Gasteiger partial charge in [0.15, 0.2) is 5.96 Å². The Morgan fingerprint density at radius 2 is 1.97 bits per heavy atom. The fourth-order valence-corrected chi connectivity index (χ4v) is 3.47. The second-order valence-corrected chi connectivity index (χ2v) is 7.79. The molecule has 3 rings (SSSR count). The van der Waals surface area contributed by atoms with Gasteiger partial charge in [0.05, 0.1) is 6.04 Å². The molecule has 0 aliphatic carbocycles. The van der Waals surface area contributed by atoms with Crippen LogP contribution in [0.1, 0.15) is 42.6 Å². The highest BCUT2D eigenvalue weighted by atomic mass is 16.2. The fourth-order valence-electron chi connectivity index (χ4n) is 3.47. The van der Waals surface area contributed by atoms with Crippen LogP contribution in [0, 0.1) is 0 Å². The number of guanidine groups is 1. The van der Waals surface area contributed by atoms with E-state index in [4.69, 9.17) is 0 Å². The molecule has 7 heteroatoms. The quantitative estimate of drug-likeness (QED) is 0.474. The standard InChI is InChI=1S/C24H31N5O2/c1-4-17(2)27-23(31)19-10-8-9-18(13-19)15-26-24(25-3)28-20-14-22(30)29(16-20)21-11-6-5-7-12-21/h5-13,17,20H,4,14-16H2,1-3H3,(H,27,31)(H2,25,26,28). The van der Waals surface area contributed by atoms with Crippen molar-refractivity contribution in [3.05, 3.63) is 65.7 Å². The first-order valence-electron chi connectivity index (χ1n) is 10.7. The van der Waals surface area contributed by atoms with E-state index in [1.165, 1.54) is 0 Å². The number of hydrogen-bond donors (Lipinski definition) is 3. The van der Waals surface area contributed by atoms with Crippen molar-refractivity contribution in [3.63, 3.8) is 0 Å². The fraction of sp³-hybridized carbons (Fsp3) is 0.375. The molecule has 7 nitrogen and oxygen atoms in total. The first-order chi connectivity index (χ1) is 15.0. The van der Waals surface area contributed by atoms with Gasteiger partial charge in [-0.15, -0.1) is 0 Å². The Balaban J connectivity index is 1.55. The molecule has 0 saturated carbocycles. The SMILES string of the molecule is CCC(C)NC(=O)c1cccc(CNC(=NC)NC2CC(=O)N(c3ccccc3)C2)c1. The molecule has 164 valence electrons. The second kappa shape index (κ2) is 10.6. The molecule has 0 radical (unpaired) electrons. The average molecular weight is 422 g/mol. The van der Waals surface area contributed by atoms with Gasteiger partial charge in [0.1, 0.15) is 0 Å². The van der Waals surface area contributed by atoms with Crippen LogP contribution in [0.5, 0.6) is 0 Å². The predicted octanol–water partition coefficient (Wildman–Crippen LogP) is 2.69. The smallest absolute Gasteiger partial charge is 0.251 e. The summed E-state index contributed by atoms with van der Waals surface area (Å²) in [4.78, 5) is 30.9. The number of carbonyl (C=O) groups excluding carboxylic acids is 2. The molecule has 1 aliphatic rings. The number of nitrogens with zero attached hydrogens (tertiary/aromatic N) is 2. The van der Waals surface area contributed by atoms with Crippen molar-refractivity contribution >= 4 is 23.5 Å². The number of aliphatic imine (C=N–C) groups is 1. The van der Waals surface area contributed by atoms with Gasteiger partial charge in [-0.05, 0) is 43.2 Å². The molecule has 3 N–H and O–H groups in total. The van der Waals surface area contributed by atoms with Crippen LogP contribution in [0.15, 0.2) is 59.6 Å². The van der Waals surface area contributed by atoms with E-state index >= 15 is 0 Å². The lowest BCUT2D eigenvalue weighted by atomic mass is 10.1. The van der Waals surface area contributed by atoms with E-state index in [1.807, 2.05) is 68.4 Å². The molecule has 2 unspecified atom stereocenters. The van der Waals surface area contributed by atoms with E-state index in [2.05, 4.69) is 20.9 Å². The minimum absolute atomic E-state index is 0.0217. The van der Waals surface area contributed by atoms with Gasteiger partial charge in [-0.3, -0.25) is 14.6 Å². The maximum absolute atomic E-state index is 12.4. The third-order valence-corrected chi connectivity index (χ3v) is 5.40. The zero-order chi connectivity index (χ0) is 22.2. The van der Waals surface area contributed by atoms with Crippen molar-refractivity contribution in [1.82, 2.24) is 16.0 Å². The highest BCUT2D eigenvalue weighted by molar-refractivity contribution is 5.97. The molecule has 2 atom stereocenters. The van der Waals surface area contributed by atoms with E-state index < -0.39 is 0 Å². The molecule has 1 aliphatic heterocycles. The van der Waals surface area contributed by atoms with Gasteiger partial charge in [0.25, 0.3) is 5.91 Å². The molecule has 1 heterocycles. The molecular formula is C24H31N5O2. The van der Waals surface area contributed by atoms with E-state index in [-0.39, 0.29) is 23.9 Å². The number of amides is 2. The zero-order valence-corrected chi connectivity index (χ0v) is 18.4. The first-order valence-corrected chi connectivity index (χ1v) is 10.7. The van der Waals surface area contributed by atoms with E-state index in [0.717, 1.165) is 17.7 Å². The van der Waals surface area contributed by atoms with Gasteiger partial charge in [0, 0.05) is 43.9 Å². The van der Waals surface area contributed by atoms with Crippen LogP contribution in [0.25, 0.3) is 0 Å². The Kier molecular flexibility index (Phi) is 7.65. The van der Waals surface area contributed by atoms with Gasteiger partial charge in [-0.25, -0.2) is 0 Å². The van der Waals surface area contributed by atoms with E-state index in [0.29, 0.717) is 31.0 Å². The summed E-state index contributed by atoms with van der Waals surface area (Å²) in [5.74, 6) is 0.658. The van der Waals surface area contributed by atoms with Crippen LogP contribution >= 0.6 is 0 Å². The number of benzene rings is 2.